The third kappa shape index (κ3) is 4.56. The van der Waals surface area contributed by atoms with Crippen LogP contribution in [0.1, 0.15) is 51.1 Å². The van der Waals surface area contributed by atoms with E-state index in [2.05, 4.69) is 52.3 Å². The Kier molecular flexibility index (Phi) is 6.50. The van der Waals surface area contributed by atoms with Crippen LogP contribution in [0.2, 0.25) is 0 Å². The zero-order chi connectivity index (χ0) is 14.4. The van der Waals surface area contributed by atoms with E-state index in [4.69, 9.17) is 0 Å². The van der Waals surface area contributed by atoms with Crippen molar-refractivity contribution in [1.82, 2.24) is 10.3 Å². The Hall–Kier alpha value is -0.410. The van der Waals surface area contributed by atoms with Gasteiger partial charge in [0.15, 0.2) is 0 Å². The Bertz CT molecular complexity index is 382. The van der Waals surface area contributed by atoms with E-state index in [1.807, 2.05) is 6.20 Å². The lowest BCUT2D eigenvalue weighted by molar-refractivity contribution is 0.217. The Labute approximate surface area is 131 Å². The SMILES string of the molecule is CCCC1CCC(C(Cc2ccc(Br)cn2)NC)CC1. The van der Waals surface area contributed by atoms with E-state index < -0.39 is 0 Å². The molecule has 1 aliphatic rings. The van der Waals surface area contributed by atoms with E-state index >= 15 is 0 Å². The van der Waals surface area contributed by atoms with Crippen molar-refractivity contribution in [3.05, 3.63) is 28.5 Å². The molecule has 1 atom stereocenters. The summed E-state index contributed by atoms with van der Waals surface area (Å²) in [5, 5.41) is 3.53. The van der Waals surface area contributed by atoms with Crippen molar-refractivity contribution in [3.8, 4) is 0 Å². The highest BCUT2D eigenvalue weighted by Gasteiger charge is 2.26. The van der Waals surface area contributed by atoms with Gasteiger partial charge in [0.2, 0.25) is 0 Å². The summed E-state index contributed by atoms with van der Waals surface area (Å²) in [5.41, 5.74) is 1.20. The van der Waals surface area contributed by atoms with Crippen molar-refractivity contribution in [1.29, 1.82) is 0 Å². The highest BCUT2D eigenvalue weighted by Crippen LogP contribution is 2.33. The summed E-state index contributed by atoms with van der Waals surface area (Å²) in [6.07, 6.45) is 11.3. The second kappa shape index (κ2) is 8.14. The maximum Gasteiger partial charge on any atom is 0.0420 e. The number of pyridine rings is 1. The van der Waals surface area contributed by atoms with Crippen molar-refractivity contribution in [2.45, 2.75) is 57.9 Å². The maximum atomic E-state index is 4.52. The van der Waals surface area contributed by atoms with Gasteiger partial charge in [-0.3, -0.25) is 4.98 Å². The van der Waals surface area contributed by atoms with E-state index in [1.165, 1.54) is 44.2 Å². The second-order valence-corrected chi connectivity index (χ2v) is 7.05. The predicted molar refractivity (Wildman–Crippen MR) is 88.8 cm³/mol. The first kappa shape index (κ1) is 16.0. The first-order chi connectivity index (χ1) is 9.72. The molecule has 0 aliphatic heterocycles. The number of aromatic nitrogens is 1. The van der Waals surface area contributed by atoms with Crippen LogP contribution in [0.3, 0.4) is 0 Å². The van der Waals surface area contributed by atoms with Gasteiger partial charge in [0.25, 0.3) is 0 Å². The molecule has 0 spiro atoms. The van der Waals surface area contributed by atoms with Crippen molar-refractivity contribution >= 4 is 15.9 Å². The van der Waals surface area contributed by atoms with Crippen molar-refractivity contribution in [2.24, 2.45) is 11.8 Å². The molecule has 2 nitrogen and oxygen atoms in total. The van der Waals surface area contributed by atoms with Crippen LogP contribution in [0.4, 0.5) is 0 Å². The largest absolute Gasteiger partial charge is 0.316 e. The van der Waals surface area contributed by atoms with Gasteiger partial charge in [0, 0.05) is 28.8 Å². The monoisotopic (exact) mass is 338 g/mol. The lowest BCUT2D eigenvalue weighted by Crippen LogP contribution is -2.37. The predicted octanol–water partition coefficient (Wildman–Crippen LogP) is 4.58. The molecular weight excluding hydrogens is 312 g/mol. The Morgan fingerprint density at radius 2 is 2.05 bits per heavy atom. The first-order valence-electron chi connectivity index (χ1n) is 8.00. The van der Waals surface area contributed by atoms with Crippen LogP contribution >= 0.6 is 15.9 Å². The summed E-state index contributed by atoms with van der Waals surface area (Å²) in [6.45, 7) is 2.31. The number of nitrogens with one attached hydrogen (secondary N) is 1. The maximum absolute atomic E-state index is 4.52. The molecule has 0 bridgehead atoms. The molecule has 20 heavy (non-hydrogen) atoms. The van der Waals surface area contributed by atoms with E-state index in [0.29, 0.717) is 6.04 Å². The molecule has 1 saturated carbocycles. The number of nitrogens with zero attached hydrogens (tertiary/aromatic N) is 1. The van der Waals surface area contributed by atoms with Crippen molar-refractivity contribution < 1.29 is 0 Å². The van der Waals surface area contributed by atoms with Crippen LogP contribution in [-0.4, -0.2) is 18.1 Å². The molecule has 3 heteroatoms. The number of hydrogen-bond acceptors (Lipinski definition) is 2. The third-order valence-electron chi connectivity index (χ3n) is 4.75. The standard InChI is InChI=1S/C17H27BrN2/c1-3-4-13-5-7-14(8-6-13)17(19-2)11-16-10-9-15(18)12-20-16/h9-10,12-14,17,19H,3-8,11H2,1-2H3. The second-order valence-electron chi connectivity index (χ2n) is 6.14. The lowest BCUT2D eigenvalue weighted by atomic mass is 9.76. The summed E-state index contributed by atoms with van der Waals surface area (Å²) in [4.78, 5) is 4.52. The number of rotatable bonds is 6. The van der Waals surface area contributed by atoms with Crippen LogP contribution in [0.25, 0.3) is 0 Å². The van der Waals surface area contributed by atoms with Gasteiger partial charge in [-0.25, -0.2) is 0 Å². The highest BCUT2D eigenvalue weighted by molar-refractivity contribution is 9.10. The Morgan fingerprint density at radius 3 is 2.60 bits per heavy atom. The minimum absolute atomic E-state index is 0.575. The molecule has 1 aromatic heterocycles. The summed E-state index contributed by atoms with van der Waals surface area (Å²) in [7, 11) is 2.10. The van der Waals surface area contributed by atoms with Gasteiger partial charge < -0.3 is 5.32 Å². The number of likely N-dealkylation sites (N-methyl/N-ethyl adjacent to an activating group) is 1. The third-order valence-corrected chi connectivity index (χ3v) is 5.21. The quantitative estimate of drug-likeness (QED) is 0.820. The van der Waals surface area contributed by atoms with Gasteiger partial charge in [0.1, 0.15) is 0 Å². The zero-order valence-electron chi connectivity index (χ0n) is 12.7. The zero-order valence-corrected chi connectivity index (χ0v) is 14.3. The molecule has 1 unspecified atom stereocenters. The molecule has 1 aromatic rings. The van der Waals surface area contributed by atoms with Crippen LogP contribution in [0, 0.1) is 11.8 Å². The molecule has 0 saturated heterocycles. The van der Waals surface area contributed by atoms with Crippen molar-refractivity contribution in [2.75, 3.05) is 7.05 Å². The fourth-order valence-corrected chi connectivity index (χ4v) is 3.78. The summed E-state index contributed by atoms with van der Waals surface area (Å²) < 4.78 is 1.06. The van der Waals surface area contributed by atoms with E-state index in [1.54, 1.807) is 0 Å². The van der Waals surface area contributed by atoms with Gasteiger partial charge in [-0.15, -0.1) is 0 Å². The number of hydrogen-bond donors (Lipinski definition) is 1. The van der Waals surface area contributed by atoms with E-state index in [-0.39, 0.29) is 0 Å². The number of halogens is 1. The van der Waals surface area contributed by atoms with Crippen LogP contribution in [0.15, 0.2) is 22.8 Å². The molecule has 112 valence electrons. The van der Waals surface area contributed by atoms with Crippen LogP contribution < -0.4 is 5.32 Å². The van der Waals surface area contributed by atoms with Gasteiger partial charge in [-0.2, -0.15) is 0 Å². The molecule has 2 rings (SSSR count). The highest BCUT2D eigenvalue weighted by atomic mass is 79.9. The smallest absolute Gasteiger partial charge is 0.0420 e. The summed E-state index contributed by atoms with van der Waals surface area (Å²) in [5.74, 6) is 1.80. The molecule has 0 amide bonds. The van der Waals surface area contributed by atoms with Crippen LogP contribution in [-0.2, 0) is 6.42 Å². The fraction of sp³-hybridized carbons (Fsp3) is 0.706. The van der Waals surface area contributed by atoms with Gasteiger partial charge in [-0.05, 0) is 59.8 Å². The Morgan fingerprint density at radius 1 is 1.30 bits per heavy atom. The molecule has 0 radical (unpaired) electrons. The Balaban J connectivity index is 1.87. The van der Waals surface area contributed by atoms with Crippen LogP contribution in [0.5, 0.6) is 0 Å². The summed E-state index contributed by atoms with van der Waals surface area (Å²) >= 11 is 3.45. The minimum atomic E-state index is 0.575. The average Bonchev–Trinajstić information content (AvgIpc) is 2.48. The van der Waals surface area contributed by atoms with Gasteiger partial charge in [0.05, 0.1) is 0 Å². The molecule has 0 aromatic carbocycles. The van der Waals surface area contributed by atoms with Gasteiger partial charge >= 0.3 is 0 Å². The minimum Gasteiger partial charge on any atom is -0.316 e. The molecular formula is C17H27BrN2. The average molecular weight is 339 g/mol. The van der Waals surface area contributed by atoms with Gasteiger partial charge in [-0.1, -0.05) is 32.6 Å². The van der Waals surface area contributed by atoms with E-state index in [9.17, 15) is 0 Å². The fourth-order valence-electron chi connectivity index (χ4n) is 3.54. The normalized spacial score (nSPS) is 24.6. The topological polar surface area (TPSA) is 24.9 Å². The van der Waals surface area contributed by atoms with E-state index in [0.717, 1.165) is 22.7 Å². The lowest BCUT2D eigenvalue weighted by Gasteiger charge is -2.33. The molecule has 1 N–H and O–H groups in total. The van der Waals surface area contributed by atoms with Crippen molar-refractivity contribution in [3.63, 3.8) is 0 Å². The molecule has 1 heterocycles. The molecule has 1 aliphatic carbocycles. The first-order valence-corrected chi connectivity index (χ1v) is 8.80. The molecule has 1 fully saturated rings. The summed E-state index contributed by atoms with van der Waals surface area (Å²) in [6, 6.07) is 4.80.